The van der Waals surface area contributed by atoms with Gasteiger partial charge in [-0.15, -0.1) is 0 Å². The van der Waals surface area contributed by atoms with Gasteiger partial charge in [-0.1, -0.05) is 6.07 Å². The molecule has 0 spiro atoms. The largest absolute Gasteiger partial charge is 0.493 e. The van der Waals surface area contributed by atoms with Crippen LogP contribution in [0.1, 0.15) is 36.9 Å². The van der Waals surface area contributed by atoms with Crippen LogP contribution in [0.5, 0.6) is 23.0 Å². The number of carboxylic acid groups (broad SMARTS) is 1. The van der Waals surface area contributed by atoms with Crippen LogP contribution in [0.4, 0.5) is 0 Å². The molecule has 3 rings (SSSR count). The Balaban J connectivity index is 2.23. The molecule has 0 saturated carbocycles. The summed E-state index contributed by atoms with van der Waals surface area (Å²) in [5.41, 5.74) is 2.14. The second kappa shape index (κ2) is 11.6. The number of methoxy groups -OCH3 is 4. The quantitative estimate of drug-likeness (QED) is 0.455. The van der Waals surface area contributed by atoms with E-state index in [-0.39, 0.29) is 5.75 Å². The van der Waals surface area contributed by atoms with Gasteiger partial charge in [0.15, 0.2) is 17.2 Å². The highest BCUT2D eigenvalue weighted by molar-refractivity contribution is 5.91. The molecule has 3 N–H and O–H groups in total. The average molecular weight is 515 g/mol. The molecular weight excluding hydrogens is 484 g/mol. The van der Waals surface area contributed by atoms with E-state index in [1.54, 1.807) is 6.07 Å². The van der Waals surface area contributed by atoms with E-state index in [1.165, 1.54) is 47.5 Å². The van der Waals surface area contributed by atoms with Gasteiger partial charge in [-0.05, 0) is 47.7 Å². The number of fused-ring (bicyclic) bond motifs is 3. The molecular formula is C26H30N2O9. The number of carbonyl (C=O) groups excluding carboxylic acids is 2. The third-order valence-electron chi connectivity index (χ3n) is 6.11. The molecule has 11 nitrogen and oxygen atoms in total. The number of carbonyl (C=O) groups is 3. The number of ether oxygens (including phenoxy) is 4. The first kappa shape index (κ1) is 27.3. The summed E-state index contributed by atoms with van der Waals surface area (Å²) in [6.07, 6.45) is 0.205. The normalized spacial score (nSPS) is 14.7. The van der Waals surface area contributed by atoms with Gasteiger partial charge in [-0.25, -0.2) is 0 Å². The second-order valence-corrected chi connectivity index (χ2v) is 8.41. The summed E-state index contributed by atoms with van der Waals surface area (Å²) in [5.74, 6) is -1.17. The summed E-state index contributed by atoms with van der Waals surface area (Å²) in [5, 5.41) is 14.4. The Morgan fingerprint density at radius 3 is 2.24 bits per heavy atom. The number of hydrogen-bond acceptors (Lipinski definition) is 8. The zero-order valence-electron chi connectivity index (χ0n) is 21.3. The van der Waals surface area contributed by atoms with Crippen LogP contribution >= 0.6 is 0 Å². The van der Waals surface area contributed by atoms with E-state index in [4.69, 9.17) is 18.9 Å². The molecule has 0 unspecified atom stereocenters. The molecule has 0 heterocycles. The monoisotopic (exact) mass is 514 g/mol. The zero-order valence-corrected chi connectivity index (χ0v) is 21.3. The molecule has 198 valence electrons. The lowest BCUT2D eigenvalue weighted by atomic mass is 9.95. The first-order valence-corrected chi connectivity index (χ1v) is 11.5. The average Bonchev–Trinajstić information content (AvgIpc) is 3.10. The van der Waals surface area contributed by atoms with E-state index >= 15 is 0 Å². The van der Waals surface area contributed by atoms with E-state index < -0.39 is 41.7 Å². The Morgan fingerprint density at radius 2 is 1.68 bits per heavy atom. The number of hydrogen-bond donors (Lipinski definition) is 3. The van der Waals surface area contributed by atoms with E-state index in [2.05, 4.69) is 10.6 Å². The molecule has 11 heteroatoms. The lowest BCUT2D eigenvalue weighted by molar-refractivity contribution is -0.140. The molecule has 2 aromatic rings. The summed E-state index contributed by atoms with van der Waals surface area (Å²) >= 11 is 0. The SMILES string of the molecule is COc1cc2c(c(OC)c1OC)-c1ccc(OC)c(=O)cc1[C@@H](NC(=O)[C@H](CC(=O)O)NC(C)=O)CC2. The first-order chi connectivity index (χ1) is 17.6. The van der Waals surface area contributed by atoms with Crippen molar-refractivity contribution in [2.45, 2.75) is 38.3 Å². The van der Waals surface area contributed by atoms with E-state index in [9.17, 15) is 24.3 Å². The second-order valence-electron chi connectivity index (χ2n) is 8.41. The number of aryl methyl sites for hydroxylation is 1. The molecule has 2 amide bonds. The minimum atomic E-state index is -1.29. The molecule has 0 fully saturated rings. The van der Waals surface area contributed by atoms with Crippen molar-refractivity contribution in [3.63, 3.8) is 0 Å². The van der Waals surface area contributed by atoms with Crippen LogP contribution in [0.25, 0.3) is 11.1 Å². The highest BCUT2D eigenvalue weighted by atomic mass is 16.5. The third-order valence-corrected chi connectivity index (χ3v) is 6.11. The maximum atomic E-state index is 13.1. The van der Waals surface area contributed by atoms with Crippen molar-refractivity contribution in [3.8, 4) is 34.1 Å². The molecule has 0 aromatic heterocycles. The van der Waals surface area contributed by atoms with Crippen molar-refractivity contribution >= 4 is 17.8 Å². The minimum Gasteiger partial charge on any atom is -0.493 e. The van der Waals surface area contributed by atoms with Gasteiger partial charge in [0.25, 0.3) is 0 Å². The summed E-state index contributed by atoms with van der Waals surface area (Å²) in [7, 11) is 5.87. The maximum Gasteiger partial charge on any atom is 0.305 e. The molecule has 0 radical (unpaired) electrons. The van der Waals surface area contributed by atoms with Crippen molar-refractivity contribution in [3.05, 3.63) is 45.6 Å². The predicted molar refractivity (Wildman–Crippen MR) is 133 cm³/mol. The number of amides is 2. The van der Waals surface area contributed by atoms with Gasteiger partial charge in [0.05, 0.1) is 40.9 Å². The summed E-state index contributed by atoms with van der Waals surface area (Å²) in [6.45, 7) is 1.20. The molecule has 2 aromatic carbocycles. The minimum absolute atomic E-state index is 0.0983. The lowest BCUT2D eigenvalue weighted by Gasteiger charge is -2.22. The summed E-state index contributed by atoms with van der Waals surface area (Å²) in [6, 6.07) is 4.45. The number of rotatable bonds is 9. The molecule has 0 saturated heterocycles. The number of aliphatic carboxylic acids is 1. The first-order valence-electron chi connectivity index (χ1n) is 11.5. The van der Waals surface area contributed by atoms with E-state index in [0.29, 0.717) is 46.8 Å². The molecule has 2 atom stereocenters. The van der Waals surface area contributed by atoms with Crippen LogP contribution in [0, 0.1) is 0 Å². The molecule has 1 aliphatic rings. The standard InChI is InChI=1S/C26H30N2O9/c1-13(29)27-18(12-22(31)32)26(33)28-17-8-6-14-10-21(35-3)24(36-4)25(37-5)23(14)15-7-9-20(34-2)19(30)11-16(15)17/h7,9-11,17-18H,6,8,12H2,1-5H3,(H,27,29)(H,28,33)(H,31,32)/t17-,18-/m0/s1. The smallest absolute Gasteiger partial charge is 0.305 e. The van der Waals surface area contributed by atoms with Gasteiger partial charge in [0.1, 0.15) is 6.04 Å². The van der Waals surface area contributed by atoms with Gasteiger partial charge >= 0.3 is 5.97 Å². The topological polar surface area (TPSA) is 149 Å². The van der Waals surface area contributed by atoms with E-state index in [1.807, 2.05) is 6.07 Å². The highest BCUT2D eigenvalue weighted by Gasteiger charge is 2.32. The number of benzene rings is 1. The van der Waals surface area contributed by atoms with Crippen LogP contribution in [0.3, 0.4) is 0 Å². The van der Waals surface area contributed by atoms with Crippen molar-refractivity contribution in [2.24, 2.45) is 0 Å². The van der Waals surface area contributed by atoms with Crippen LogP contribution < -0.4 is 35.0 Å². The van der Waals surface area contributed by atoms with Crippen LogP contribution in [-0.2, 0) is 20.8 Å². The van der Waals surface area contributed by atoms with Crippen LogP contribution in [0.15, 0.2) is 29.1 Å². The highest BCUT2D eigenvalue weighted by Crippen LogP contribution is 2.50. The Labute approximate surface area is 213 Å². The molecule has 1 aliphatic carbocycles. The number of nitrogens with one attached hydrogen (secondary N) is 2. The molecule has 0 aliphatic heterocycles. The van der Waals surface area contributed by atoms with Gasteiger partial charge < -0.3 is 34.7 Å². The Hall–Kier alpha value is -4.28. The molecule has 0 bridgehead atoms. The van der Waals surface area contributed by atoms with Crippen molar-refractivity contribution in [1.82, 2.24) is 10.6 Å². The fraction of sp³-hybridized carbons (Fsp3) is 0.385. The van der Waals surface area contributed by atoms with Crippen molar-refractivity contribution in [2.75, 3.05) is 28.4 Å². The van der Waals surface area contributed by atoms with Crippen molar-refractivity contribution < 1.29 is 38.4 Å². The summed E-state index contributed by atoms with van der Waals surface area (Å²) < 4.78 is 22.0. The van der Waals surface area contributed by atoms with Crippen LogP contribution in [0.2, 0.25) is 0 Å². The lowest BCUT2D eigenvalue weighted by Crippen LogP contribution is -2.48. The fourth-order valence-electron chi connectivity index (χ4n) is 4.52. The zero-order chi connectivity index (χ0) is 27.3. The fourth-order valence-corrected chi connectivity index (χ4v) is 4.52. The summed E-state index contributed by atoms with van der Waals surface area (Å²) in [4.78, 5) is 49.0. The maximum absolute atomic E-state index is 13.1. The van der Waals surface area contributed by atoms with Gasteiger partial charge in [-0.3, -0.25) is 19.2 Å². The predicted octanol–water partition coefficient (Wildman–Crippen LogP) is 1.83. The Kier molecular flexibility index (Phi) is 8.59. The third kappa shape index (κ3) is 5.76. The Morgan fingerprint density at radius 1 is 1.00 bits per heavy atom. The van der Waals surface area contributed by atoms with Gasteiger partial charge in [0, 0.05) is 12.5 Å². The van der Waals surface area contributed by atoms with Gasteiger partial charge in [0.2, 0.25) is 23.0 Å². The molecule has 37 heavy (non-hydrogen) atoms. The van der Waals surface area contributed by atoms with E-state index in [0.717, 1.165) is 5.56 Å². The Bertz CT molecular complexity index is 1260. The van der Waals surface area contributed by atoms with Crippen molar-refractivity contribution in [1.29, 1.82) is 0 Å². The van der Waals surface area contributed by atoms with Crippen LogP contribution in [-0.4, -0.2) is 57.4 Å². The van der Waals surface area contributed by atoms with Gasteiger partial charge in [-0.2, -0.15) is 0 Å². The number of carboxylic acids is 1.